The number of carbonyl (C=O) groups is 3. The molecule has 2 rings (SSSR count). The maximum atomic E-state index is 12.5. The lowest BCUT2D eigenvalue weighted by Gasteiger charge is -2.21. The zero-order valence-electron chi connectivity index (χ0n) is 13.6. The Kier molecular flexibility index (Phi) is 5.36. The fourth-order valence-corrected chi connectivity index (χ4v) is 2.56. The minimum atomic E-state index is -0.960. The van der Waals surface area contributed by atoms with E-state index in [4.69, 9.17) is 0 Å². The third-order valence-electron chi connectivity index (χ3n) is 3.98. The van der Waals surface area contributed by atoms with Gasteiger partial charge in [-0.15, -0.1) is 0 Å². The highest BCUT2D eigenvalue weighted by molar-refractivity contribution is 6.08. The lowest BCUT2D eigenvalue weighted by atomic mass is 9.93. The Morgan fingerprint density at radius 2 is 1.96 bits per heavy atom. The van der Waals surface area contributed by atoms with Gasteiger partial charge in [-0.2, -0.15) is 0 Å². The molecule has 1 saturated heterocycles. The van der Waals surface area contributed by atoms with Crippen LogP contribution in [0.3, 0.4) is 0 Å². The molecule has 2 N–H and O–H groups in total. The lowest BCUT2D eigenvalue weighted by molar-refractivity contribution is -0.134. The van der Waals surface area contributed by atoms with Crippen LogP contribution in [-0.4, -0.2) is 41.4 Å². The Balaban J connectivity index is 1.97. The van der Waals surface area contributed by atoms with E-state index in [2.05, 4.69) is 10.6 Å². The summed E-state index contributed by atoms with van der Waals surface area (Å²) in [6.45, 7) is 3.95. The number of imide groups is 1. The van der Waals surface area contributed by atoms with Gasteiger partial charge < -0.3 is 10.6 Å². The Labute approximate surface area is 136 Å². The van der Waals surface area contributed by atoms with Crippen molar-refractivity contribution in [2.75, 3.05) is 13.1 Å². The normalized spacial score (nSPS) is 20.5. The number of hydrogen-bond donors (Lipinski definition) is 2. The topological polar surface area (TPSA) is 78.5 Å². The van der Waals surface area contributed by atoms with Crippen molar-refractivity contribution in [2.45, 2.75) is 38.6 Å². The zero-order valence-corrected chi connectivity index (χ0v) is 13.6. The summed E-state index contributed by atoms with van der Waals surface area (Å²) in [5.41, 5.74) is 0.146. The van der Waals surface area contributed by atoms with Crippen LogP contribution in [0.15, 0.2) is 30.3 Å². The molecule has 0 aliphatic carbocycles. The van der Waals surface area contributed by atoms with Crippen molar-refractivity contribution >= 4 is 17.8 Å². The van der Waals surface area contributed by atoms with Gasteiger partial charge in [0.25, 0.3) is 5.91 Å². The molecule has 1 aromatic rings. The Hall–Kier alpha value is -2.37. The van der Waals surface area contributed by atoms with Gasteiger partial charge in [-0.3, -0.25) is 14.5 Å². The number of carbonyl (C=O) groups excluding carboxylic acids is 3. The fourth-order valence-electron chi connectivity index (χ4n) is 2.56. The highest BCUT2D eigenvalue weighted by Crippen LogP contribution is 2.23. The summed E-state index contributed by atoms with van der Waals surface area (Å²) >= 11 is 0. The van der Waals surface area contributed by atoms with Gasteiger partial charge >= 0.3 is 6.03 Å². The quantitative estimate of drug-likeness (QED) is 0.747. The van der Waals surface area contributed by atoms with E-state index in [1.807, 2.05) is 37.3 Å². The van der Waals surface area contributed by atoms with E-state index in [1.165, 1.54) is 0 Å². The highest BCUT2D eigenvalue weighted by atomic mass is 16.2. The van der Waals surface area contributed by atoms with Gasteiger partial charge in [0.15, 0.2) is 0 Å². The molecular formula is C17H23N3O3. The van der Waals surface area contributed by atoms with Crippen LogP contribution in [0.1, 0.15) is 32.3 Å². The molecule has 1 fully saturated rings. The Morgan fingerprint density at radius 1 is 1.26 bits per heavy atom. The predicted molar refractivity (Wildman–Crippen MR) is 86.7 cm³/mol. The summed E-state index contributed by atoms with van der Waals surface area (Å²) in [7, 11) is 0. The molecule has 1 aliphatic rings. The smallest absolute Gasteiger partial charge is 0.325 e. The van der Waals surface area contributed by atoms with Gasteiger partial charge in [-0.25, -0.2) is 4.79 Å². The van der Waals surface area contributed by atoms with Crippen molar-refractivity contribution in [3.8, 4) is 0 Å². The van der Waals surface area contributed by atoms with E-state index >= 15 is 0 Å². The molecule has 6 heteroatoms. The number of benzene rings is 1. The number of aryl methyl sites for hydroxylation is 1. The van der Waals surface area contributed by atoms with Crippen LogP contribution in [0, 0.1) is 0 Å². The number of amides is 4. The van der Waals surface area contributed by atoms with Crippen molar-refractivity contribution in [3.63, 3.8) is 0 Å². The van der Waals surface area contributed by atoms with Gasteiger partial charge in [0.05, 0.1) is 0 Å². The third-order valence-corrected chi connectivity index (χ3v) is 3.98. The molecule has 1 atom stereocenters. The van der Waals surface area contributed by atoms with Crippen LogP contribution < -0.4 is 10.6 Å². The molecule has 1 unspecified atom stereocenters. The molecule has 0 aromatic heterocycles. The number of nitrogens with zero attached hydrogens (tertiary/aromatic N) is 1. The van der Waals surface area contributed by atoms with Gasteiger partial charge in [-0.1, -0.05) is 37.3 Å². The van der Waals surface area contributed by atoms with Crippen LogP contribution in [0.5, 0.6) is 0 Å². The van der Waals surface area contributed by atoms with E-state index in [9.17, 15) is 14.4 Å². The van der Waals surface area contributed by atoms with Gasteiger partial charge in [0.1, 0.15) is 12.1 Å². The second kappa shape index (κ2) is 7.26. The van der Waals surface area contributed by atoms with Crippen molar-refractivity contribution in [3.05, 3.63) is 35.9 Å². The van der Waals surface area contributed by atoms with Crippen LogP contribution >= 0.6 is 0 Å². The summed E-state index contributed by atoms with van der Waals surface area (Å²) in [6.07, 6.45) is 1.98. The summed E-state index contributed by atoms with van der Waals surface area (Å²) in [6, 6.07) is 9.29. The summed E-state index contributed by atoms with van der Waals surface area (Å²) in [5, 5.41) is 5.39. The summed E-state index contributed by atoms with van der Waals surface area (Å²) < 4.78 is 0. The Morgan fingerprint density at radius 3 is 2.61 bits per heavy atom. The molecule has 23 heavy (non-hydrogen) atoms. The molecule has 6 nitrogen and oxygen atoms in total. The largest absolute Gasteiger partial charge is 0.355 e. The molecule has 124 valence electrons. The van der Waals surface area contributed by atoms with Crippen LogP contribution in [-0.2, 0) is 16.0 Å². The zero-order chi connectivity index (χ0) is 16.9. The number of rotatable bonds is 7. The second-order valence-electron chi connectivity index (χ2n) is 5.99. The van der Waals surface area contributed by atoms with Crippen LogP contribution in [0.4, 0.5) is 4.79 Å². The minimum absolute atomic E-state index is 0.231. The Bertz CT molecular complexity index is 588. The molecule has 1 aliphatic heterocycles. The highest BCUT2D eigenvalue weighted by Gasteiger charge is 2.47. The van der Waals surface area contributed by atoms with Crippen LogP contribution in [0.25, 0.3) is 0 Å². The van der Waals surface area contributed by atoms with Crippen LogP contribution in [0.2, 0.25) is 0 Å². The summed E-state index contributed by atoms with van der Waals surface area (Å²) in [5.74, 6) is -0.660. The number of nitrogens with one attached hydrogen (secondary N) is 2. The maximum Gasteiger partial charge on any atom is 0.325 e. The van der Waals surface area contributed by atoms with E-state index in [0.29, 0.717) is 19.4 Å². The first-order chi connectivity index (χ1) is 11.0. The molecule has 0 spiro atoms. The van der Waals surface area contributed by atoms with Crippen molar-refractivity contribution in [1.29, 1.82) is 0 Å². The second-order valence-corrected chi connectivity index (χ2v) is 5.99. The van der Waals surface area contributed by atoms with Gasteiger partial charge in [0, 0.05) is 6.54 Å². The predicted octanol–water partition coefficient (Wildman–Crippen LogP) is 1.46. The van der Waals surface area contributed by atoms with Crippen molar-refractivity contribution in [1.82, 2.24) is 15.5 Å². The first-order valence-electron chi connectivity index (χ1n) is 7.91. The molecule has 0 radical (unpaired) electrons. The van der Waals surface area contributed by atoms with Crippen molar-refractivity contribution < 1.29 is 14.4 Å². The fraction of sp³-hybridized carbons (Fsp3) is 0.471. The molecule has 0 saturated carbocycles. The molecular weight excluding hydrogens is 294 g/mol. The summed E-state index contributed by atoms with van der Waals surface area (Å²) in [4.78, 5) is 37.3. The van der Waals surface area contributed by atoms with E-state index in [0.717, 1.165) is 16.9 Å². The number of urea groups is 1. The van der Waals surface area contributed by atoms with E-state index in [-0.39, 0.29) is 18.4 Å². The average Bonchev–Trinajstić information content (AvgIpc) is 2.76. The average molecular weight is 317 g/mol. The molecule has 0 bridgehead atoms. The van der Waals surface area contributed by atoms with Gasteiger partial charge in [0.2, 0.25) is 5.91 Å². The standard InChI is InChI=1S/C17H23N3O3/c1-3-11-18-14(21)12-20-15(22)17(2,19-16(20)23)10-9-13-7-5-4-6-8-13/h4-8H,3,9-12H2,1-2H3,(H,18,21)(H,19,23). The SMILES string of the molecule is CCCNC(=O)CN1C(=O)NC(C)(CCc2ccccc2)C1=O. The van der Waals surface area contributed by atoms with Gasteiger partial charge in [-0.05, 0) is 31.7 Å². The third kappa shape index (κ3) is 4.09. The molecule has 4 amide bonds. The minimum Gasteiger partial charge on any atom is -0.355 e. The van der Waals surface area contributed by atoms with Crippen molar-refractivity contribution in [2.24, 2.45) is 0 Å². The first kappa shape index (κ1) is 17.0. The molecule has 1 heterocycles. The first-order valence-corrected chi connectivity index (χ1v) is 7.91. The lowest BCUT2D eigenvalue weighted by Crippen LogP contribution is -2.45. The van der Waals surface area contributed by atoms with E-state index < -0.39 is 11.6 Å². The number of hydrogen-bond acceptors (Lipinski definition) is 3. The maximum absolute atomic E-state index is 12.5. The monoisotopic (exact) mass is 317 g/mol. The van der Waals surface area contributed by atoms with E-state index in [1.54, 1.807) is 6.92 Å². The molecule has 1 aromatic carbocycles.